The molecule has 24 heavy (non-hydrogen) atoms. The van der Waals surface area contributed by atoms with Crippen LogP contribution in [-0.2, 0) is 4.79 Å². The van der Waals surface area contributed by atoms with Crippen LogP contribution in [0.4, 0.5) is 0 Å². The van der Waals surface area contributed by atoms with Crippen molar-refractivity contribution in [1.82, 2.24) is 10.2 Å². The molecule has 1 N–H and O–H groups in total. The average Bonchev–Trinajstić information content (AvgIpc) is 3.45. The summed E-state index contributed by atoms with van der Waals surface area (Å²) in [5, 5.41) is 3.64. The first-order chi connectivity index (χ1) is 11.7. The summed E-state index contributed by atoms with van der Waals surface area (Å²) >= 11 is 0. The van der Waals surface area contributed by atoms with Gasteiger partial charge < -0.3 is 19.7 Å². The number of nitrogens with zero attached hydrogens (tertiary/aromatic N) is 1. The lowest BCUT2D eigenvalue weighted by Gasteiger charge is -2.34. The first-order valence-corrected chi connectivity index (χ1v) is 8.98. The Morgan fingerprint density at radius 1 is 1.17 bits per heavy atom. The summed E-state index contributed by atoms with van der Waals surface area (Å²) in [6.07, 6.45) is 4.37. The van der Waals surface area contributed by atoms with Crippen LogP contribution >= 0.6 is 0 Å². The second kappa shape index (κ2) is 7.88. The number of likely N-dealkylation sites (tertiary alicyclic amines) is 1. The molecule has 1 aromatic carbocycles. The number of hydrogen-bond donors (Lipinski definition) is 1. The zero-order chi connectivity index (χ0) is 16.9. The molecule has 132 valence electrons. The topological polar surface area (TPSA) is 50.8 Å². The van der Waals surface area contributed by atoms with Gasteiger partial charge in [-0.3, -0.25) is 4.79 Å². The van der Waals surface area contributed by atoms with E-state index in [9.17, 15) is 4.79 Å². The first-order valence-electron chi connectivity index (χ1n) is 8.98. The largest absolute Gasteiger partial charge is 0.497 e. The molecule has 0 spiro atoms. The van der Waals surface area contributed by atoms with Crippen molar-refractivity contribution in [3.8, 4) is 11.5 Å². The lowest BCUT2D eigenvalue weighted by molar-refractivity contribution is -0.139. The zero-order valence-electron chi connectivity index (χ0n) is 14.7. The molecule has 1 atom stereocenters. The van der Waals surface area contributed by atoms with E-state index < -0.39 is 6.10 Å². The number of rotatable bonds is 7. The van der Waals surface area contributed by atoms with Crippen LogP contribution in [0.3, 0.4) is 0 Å². The quantitative estimate of drug-likeness (QED) is 0.833. The van der Waals surface area contributed by atoms with E-state index in [1.165, 1.54) is 12.8 Å². The molecule has 0 aromatic heterocycles. The Labute approximate surface area is 144 Å². The smallest absolute Gasteiger partial charge is 0.263 e. The van der Waals surface area contributed by atoms with E-state index in [1.54, 1.807) is 7.11 Å². The van der Waals surface area contributed by atoms with E-state index in [4.69, 9.17) is 9.47 Å². The van der Waals surface area contributed by atoms with Crippen LogP contribution in [0.15, 0.2) is 24.3 Å². The Hall–Kier alpha value is -1.75. The van der Waals surface area contributed by atoms with Crippen molar-refractivity contribution in [1.29, 1.82) is 0 Å². The van der Waals surface area contributed by atoms with Gasteiger partial charge in [0.2, 0.25) is 0 Å². The molecule has 5 nitrogen and oxygen atoms in total. The second-order valence-corrected chi connectivity index (χ2v) is 6.89. The summed E-state index contributed by atoms with van der Waals surface area (Å²) in [6.45, 7) is 4.61. The minimum Gasteiger partial charge on any atom is -0.497 e. The van der Waals surface area contributed by atoms with Gasteiger partial charge in [-0.15, -0.1) is 0 Å². The van der Waals surface area contributed by atoms with E-state index >= 15 is 0 Å². The van der Waals surface area contributed by atoms with Gasteiger partial charge in [-0.05, 0) is 69.3 Å². The van der Waals surface area contributed by atoms with Crippen molar-refractivity contribution in [3.63, 3.8) is 0 Å². The monoisotopic (exact) mass is 332 g/mol. The van der Waals surface area contributed by atoms with Crippen LogP contribution in [0.2, 0.25) is 0 Å². The zero-order valence-corrected chi connectivity index (χ0v) is 14.7. The van der Waals surface area contributed by atoms with Crippen LogP contribution in [0.25, 0.3) is 0 Å². The lowest BCUT2D eigenvalue weighted by Crippen LogP contribution is -2.48. The fourth-order valence-electron chi connectivity index (χ4n) is 3.13. The van der Waals surface area contributed by atoms with Crippen LogP contribution in [0, 0.1) is 5.92 Å². The van der Waals surface area contributed by atoms with E-state index in [-0.39, 0.29) is 5.91 Å². The van der Waals surface area contributed by atoms with Crippen molar-refractivity contribution in [2.24, 2.45) is 5.92 Å². The highest BCUT2D eigenvalue weighted by molar-refractivity contribution is 5.81. The maximum Gasteiger partial charge on any atom is 0.263 e. The molecule has 1 heterocycles. The van der Waals surface area contributed by atoms with E-state index in [1.807, 2.05) is 36.1 Å². The molecule has 3 rings (SSSR count). The average molecular weight is 332 g/mol. The van der Waals surface area contributed by atoms with Crippen molar-refractivity contribution in [3.05, 3.63) is 24.3 Å². The van der Waals surface area contributed by atoms with Crippen LogP contribution in [0.5, 0.6) is 11.5 Å². The third kappa shape index (κ3) is 4.63. The molecule has 0 radical (unpaired) electrons. The van der Waals surface area contributed by atoms with Gasteiger partial charge in [-0.1, -0.05) is 0 Å². The van der Waals surface area contributed by atoms with Gasteiger partial charge in [0.05, 0.1) is 7.11 Å². The molecule has 0 bridgehead atoms. The van der Waals surface area contributed by atoms with E-state index in [2.05, 4.69) is 5.32 Å². The maximum absolute atomic E-state index is 12.6. The predicted molar refractivity (Wildman–Crippen MR) is 93.4 cm³/mol. The fraction of sp³-hybridized carbons (Fsp3) is 0.632. The number of carbonyl (C=O) groups is 1. The molecular formula is C19H28N2O3. The molecule has 1 saturated heterocycles. The van der Waals surface area contributed by atoms with Gasteiger partial charge >= 0.3 is 0 Å². The van der Waals surface area contributed by atoms with Crippen molar-refractivity contribution in [2.75, 3.05) is 26.7 Å². The Morgan fingerprint density at radius 3 is 2.38 bits per heavy atom. The van der Waals surface area contributed by atoms with Crippen LogP contribution < -0.4 is 14.8 Å². The second-order valence-electron chi connectivity index (χ2n) is 6.89. The summed E-state index contributed by atoms with van der Waals surface area (Å²) in [7, 11) is 1.63. The maximum atomic E-state index is 12.6. The summed E-state index contributed by atoms with van der Waals surface area (Å²) in [5.74, 6) is 2.45. The minimum absolute atomic E-state index is 0.0754. The number of ether oxygens (including phenoxy) is 2. The molecule has 2 fully saturated rings. The molecule has 5 heteroatoms. The molecule has 1 saturated carbocycles. The van der Waals surface area contributed by atoms with Gasteiger partial charge in [0.1, 0.15) is 11.5 Å². The molecule has 1 unspecified atom stereocenters. The number of benzene rings is 1. The van der Waals surface area contributed by atoms with Crippen molar-refractivity contribution in [2.45, 2.75) is 44.8 Å². The predicted octanol–water partition coefficient (Wildman–Crippen LogP) is 2.45. The summed E-state index contributed by atoms with van der Waals surface area (Å²) in [6, 6.07) is 7.90. The van der Waals surface area contributed by atoms with Gasteiger partial charge in [0, 0.05) is 19.1 Å². The van der Waals surface area contributed by atoms with Crippen LogP contribution in [-0.4, -0.2) is 49.7 Å². The van der Waals surface area contributed by atoms with Crippen LogP contribution in [0.1, 0.15) is 32.6 Å². The normalized spacial score (nSPS) is 19.8. The molecule has 2 aliphatic rings. The van der Waals surface area contributed by atoms with Gasteiger partial charge in [-0.25, -0.2) is 0 Å². The first kappa shape index (κ1) is 17.1. The third-order valence-electron chi connectivity index (χ3n) is 4.92. The summed E-state index contributed by atoms with van der Waals surface area (Å²) in [4.78, 5) is 14.5. The Bertz CT molecular complexity index is 534. The highest BCUT2D eigenvalue weighted by atomic mass is 16.5. The van der Waals surface area contributed by atoms with E-state index in [0.717, 1.165) is 44.1 Å². The summed E-state index contributed by atoms with van der Waals surface area (Å²) < 4.78 is 10.9. The number of hydrogen-bond acceptors (Lipinski definition) is 4. The molecular weight excluding hydrogens is 304 g/mol. The Kier molecular flexibility index (Phi) is 5.61. The van der Waals surface area contributed by atoms with Crippen molar-refractivity contribution >= 4 is 5.91 Å². The van der Waals surface area contributed by atoms with Crippen molar-refractivity contribution < 1.29 is 14.3 Å². The Balaban J connectivity index is 1.43. The highest BCUT2D eigenvalue weighted by Gasteiger charge is 2.28. The number of methoxy groups -OCH3 is 1. The minimum atomic E-state index is -0.464. The highest BCUT2D eigenvalue weighted by Crippen LogP contribution is 2.28. The number of piperidine rings is 1. The molecule has 1 aromatic rings. The van der Waals surface area contributed by atoms with E-state index in [0.29, 0.717) is 11.8 Å². The number of carbonyl (C=O) groups excluding carboxylic acids is 1. The lowest BCUT2D eigenvalue weighted by atomic mass is 10.0. The number of nitrogens with one attached hydrogen (secondary N) is 1. The SMILES string of the molecule is COc1ccc(OC(C)C(=O)N2CCC(NCC3CC3)CC2)cc1. The summed E-state index contributed by atoms with van der Waals surface area (Å²) in [5.41, 5.74) is 0. The third-order valence-corrected chi connectivity index (χ3v) is 4.92. The number of amides is 1. The fourth-order valence-corrected chi connectivity index (χ4v) is 3.13. The standard InChI is InChI=1S/C19H28N2O3/c1-14(24-18-7-5-17(23-2)6-8-18)19(22)21-11-9-16(10-12-21)20-13-15-3-4-15/h5-8,14-16,20H,3-4,9-13H2,1-2H3. The molecule has 1 aliphatic heterocycles. The Morgan fingerprint density at radius 2 is 1.79 bits per heavy atom. The molecule has 1 aliphatic carbocycles. The van der Waals surface area contributed by atoms with Gasteiger partial charge in [-0.2, -0.15) is 0 Å². The molecule has 1 amide bonds. The van der Waals surface area contributed by atoms with Gasteiger partial charge in [0.25, 0.3) is 5.91 Å². The van der Waals surface area contributed by atoms with Gasteiger partial charge in [0.15, 0.2) is 6.10 Å².